The molecule has 2 rings (SSSR count). The number of carbonyl (C=O) groups excluding carboxylic acids is 2. The fourth-order valence-corrected chi connectivity index (χ4v) is 2.73. The van der Waals surface area contributed by atoms with Gasteiger partial charge in [-0.1, -0.05) is 0 Å². The van der Waals surface area contributed by atoms with Crippen molar-refractivity contribution in [3.05, 3.63) is 18.2 Å². The van der Waals surface area contributed by atoms with E-state index in [9.17, 15) is 9.59 Å². The number of rotatable bonds is 3. The SMILES string of the molecule is COc1cc(N)ccc1NC(=O)C1CCCN(C(=O)OC(C)(C)C)C1. The molecule has 2 amide bonds. The molecule has 25 heavy (non-hydrogen) atoms. The molecule has 0 saturated carbocycles. The molecule has 1 atom stereocenters. The molecule has 1 aromatic carbocycles. The number of likely N-dealkylation sites (tertiary alicyclic amines) is 1. The van der Waals surface area contributed by atoms with Crippen LogP contribution in [0.2, 0.25) is 0 Å². The first kappa shape index (κ1) is 18.9. The van der Waals surface area contributed by atoms with Gasteiger partial charge in [0.05, 0.1) is 18.7 Å². The van der Waals surface area contributed by atoms with Gasteiger partial charge in [-0.2, -0.15) is 0 Å². The molecule has 7 nitrogen and oxygen atoms in total. The summed E-state index contributed by atoms with van der Waals surface area (Å²) in [6, 6.07) is 5.07. The van der Waals surface area contributed by atoms with Crippen molar-refractivity contribution < 1.29 is 19.1 Å². The number of anilines is 2. The minimum absolute atomic E-state index is 0.142. The Bertz CT molecular complexity index is 640. The molecule has 0 aromatic heterocycles. The molecule has 1 aromatic rings. The van der Waals surface area contributed by atoms with Crippen molar-refractivity contribution in [2.24, 2.45) is 5.92 Å². The number of hydrogen-bond donors (Lipinski definition) is 2. The number of nitrogens with two attached hydrogens (primary N) is 1. The highest BCUT2D eigenvalue weighted by Gasteiger charge is 2.31. The first-order chi connectivity index (χ1) is 11.7. The van der Waals surface area contributed by atoms with Gasteiger partial charge in [0.25, 0.3) is 0 Å². The monoisotopic (exact) mass is 349 g/mol. The smallest absolute Gasteiger partial charge is 0.410 e. The van der Waals surface area contributed by atoms with Crippen LogP contribution in [0, 0.1) is 5.92 Å². The van der Waals surface area contributed by atoms with Crippen LogP contribution in [0.4, 0.5) is 16.2 Å². The van der Waals surface area contributed by atoms with E-state index in [0.29, 0.717) is 30.2 Å². The van der Waals surface area contributed by atoms with E-state index in [1.165, 1.54) is 7.11 Å². The predicted molar refractivity (Wildman–Crippen MR) is 96.6 cm³/mol. The second-order valence-corrected chi connectivity index (χ2v) is 7.21. The molecule has 3 N–H and O–H groups in total. The van der Waals surface area contributed by atoms with E-state index in [0.717, 1.165) is 12.8 Å². The van der Waals surface area contributed by atoms with Crippen molar-refractivity contribution in [1.29, 1.82) is 0 Å². The van der Waals surface area contributed by atoms with Crippen LogP contribution in [0.1, 0.15) is 33.6 Å². The van der Waals surface area contributed by atoms with E-state index >= 15 is 0 Å². The maximum absolute atomic E-state index is 12.6. The largest absolute Gasteiger partial charge is 0.494 e. The molecular formula is C18H27N3O4. The lowest BCUT2D eigenvalue weighted by Crippen LogP contribution is -2.45. The first-order valence-electron chi connectivity index (χ1n) is 8.42. The van der Waals surface area contributed by atoms with Crippen molar-refractivity contribution >= 4 is 23.4 Å². The summed E-state index contributed by atoms with van der Waals surface area (Å²) < 4.78 is 10.6. The zero-order chi connectivity index (χ0) is 18.6. The molecule has 1 heterocycles. The normalized spacial score (nSPS) is 17.8. The average Bonchev–Trinajstić information content (AvgIpc) is 2.55. The summed E-state index contributed by atoms with van der Waals surface area (Å²) in [6.45, 7) is 6.42. The van der Waals surface area contributed by atoms with E-state index in [2.05, 4.69) is 5.32 Å². The number of hydrogen-bond acceptors (Lipinski definition) is 5. The lowest BCUT2D eigenvalue weighted by molar-refractivity contribution is -0.121. The number of nitrogens with zero attached hydrogens (tertiary/aromatic N) is 1. The third-order valence-corrected chi connectivity index (χ3v) is 3.93. The molecule has 7 heteroatoms. The molecular weight excluding hydrogens is 322 g/mol. The van der Waals surface area contributed by atoms with Crippen molar-refractivity contribution in [2.75, 3.05) is 31.2 Å². The van der Waals surface area contributed by atoms with Gasteiger partial charge in [-0.05, 0) is 45.7 Å². The van der Waals surface area contributed by atoms with Crippen molar-refractivity contribution in [3.8, 4) is 5.75 Å². The fourth-order valence-electron chi connectivity index (χ4n) is 2.73. The van der Waals surface area contributed by atoms with Gasteiger partial charge in [-0.3, -0.25) is 4.79 Å². The second kappa shape index (κ2) is 7.63. The Labute approximate surface area is 148 Å². The summed E-state index contributed by atoms with van der Waals surface area (Å²) in [6.07, 6.45) is 1.11. The third-order valence-electron chi connectivity index (χ3n) is 3.93. The molecule has 0 aliphatic carbocycles. The molecule has 1 aliphatic heterocycles. The van der Waals surface area contributed by atoms with Gasteiger partial charge in [-0.25, -0.2) is 4.79 Å². The van der Waals surface area contributed by atoms with Crippen LogP contribution >= 0.6 is 0 Å². The Kier molecular flexibility index (Phi) is 5.77. The Hall–Kier alpha value is -2.44. The van der Waals surface area contributed by atoms with E-state index in [-0.39, 0.29) is 17.9 Å². The van der Waals surface area contributed by atoms with Crippen LogP contribution in [0.3, 0.4) is 0 Å². The molecule has 1 unspecified atom stereocenters. The summed E-state index contributed by atoms with van der Waals surface area (Å²) in [5, 5.41) is 2.87. The topological polar surface area (TPSA) is 93.9 Å². The van der Waals surface area contributed by atoms with Crippen LogP contribution in [0.15, 0.2) is 18.2 Å². The Morgan fingerprint density at radius 2 is 2.04 bits per heavy atom. The average molecular weight is 349 g/mol. The molecule has 1 saturated heterocycles. The molecule has 1 aliphatic rings. The van der Waals surface area contributed by atoms with E-state index in [1.807, 2.05) is 20.8 Å². The van der Waals surface area contributed by atoms with E-state index in [4.69, 9.17) is 15.2 Å². The van der Waals surface area contributed by atoms with Gasteiger partial charge >= 0.3 is 6.09 Å². The van der Waals surface area contributed by atoms with Gasteiger partial charge in [0.1, 0.15) is 11.4 Å². The number of amides is 2. The van der Waals surface area contributed by atoms with Gasteiger partial charge in [0.2, 0.25) is 5.91 Å². The summed E-state index contributed by atoms with van der Waals surface area (Å²) in [5.74, 6) is 0.0769. The summed E-state index contributed by atoms with van der Waals surface area (Å²) in [7, 11) is 1.52. The van der Waals surface area contributed by atoms with E-state index in [1.54, 1.807) is 23.1 Å². The number of ether oxygens (including phenoxy) is 2. The van der Waals surface area contributed by atoms with Crippen LogP contribution in [-0.2, 0) is 9.53 Å². The molecule has 0 spiro atoms. The second-order valence-electron chi connectivity index (χ2n) is 7.21. The van der Waals surface area contributed by atoms with Crippen LogP contribution < -0.4 is 15.8 Å². The quantitative estimate of drug-likeness (QED) is 0.818. The van der Waals surface area contributed by atoms with Gasteiger partial charge < -0.3 is 25.4 Å². The highest BCUT2D eigenvalue weighted by molar-refractivity contribution is 5.94. The number of piperidine rings is 1. The molecule has 0 radical (unpaired) electrons. The molecule has 1 fully saturated rings. The van der Waals surface area contributed by atoms with Crippen LogP contribution in [0.25, 0.3) is 0 Å². The maximum Gasteiger partial charge on any atom is 0.410 e. The van der Waals surface area contributed by atoms with Gasteiger partial charge in [0, 0.05) is 24.8 Å². The van der Waals surface area contributed by atoms with E-state index < -0.39 is 5.60 Å². The zero-order valence-corrected chi connectivity index (χ0v) is 15.3. The van der Waals surface area contributed by atoms with Crippen molar-refractivity contribution in [1.82, 2.24) is 4.90 Å². The number of carbonyl (C=O) groups is 2. The summed E-state index contributed by atoms with van der Waals surface area (Å²) in [5.41, 5.74) is 6.30. The summed E-state index contributed by atoms with van der Waals surface area (Å²) >= 11 is 0. The Morgan fingerprint density at radius 3 is 2.68 bits per heavy atom. The predicted octanol–water partition coefficient (Wildman–Crippen LogP) is 2.86. The third kappa shape index (κ3) is 5.27. The summed E-state index contributed by atoms with van der Waals surface area (Å²) in [4.78, 5) is 26.4. The van der Waals surface area contributed by atoms with Gasteiger partial charge in [0.15, 0.2) is 0 Å². The minimum atomic E-state index is -0.552. The standard InChI is InChI=1S/C18H27N3O4/c1-18(2,3)25-17(23)21-9-5-6-12(11-21)16(22)20-14-8-7-13(19)10-15(14)24-4/h7-8,10,12H,5-6,9,11,19H2,1-4H3,(H,20,22). The van der Waals surface area contributed by atoms with Crippen molar-refractivity contribution in [3.63, 3.8) is 0 Å². The molecule has 0 bridgehead atoms. The minimum Gasteiger partial charge on any atom is -0.494 e. The highest BCUT2D eigenvalue weighted by atomic mass is 16.6. The van der Waals surface area contributed by atoms with Crippen LogP contribution in [-0.4, -0.2) is 42.7 Å². The number of nitrogens with one attached hydrogen (secondary N) is 1. The van der Waals surface area contributed by atoms with Gasteiger partial charge in [-0.15, -0.1) is 0 Å². The number of nitrogen functional groups attached to an aromatic ring is 1. The highest BCUT2D eigenvalue weighted by Crippen LogP contribution is 2.28. The lowest BCUT2D eigenvalue weighted by Gasteiger charge is -2.33. The lowest BCUT2D eigenvalue weighted by atomic mass is 9.97. The zero-order valence-electron chi connectivity index (χ0n) is 15.3. The number of benzene rings is 1. The first-order valence-corrected chi connectivity index (χ1v) is 8.42. The Balaban J connectivity index is 2.01. The van der Waals surface area contributed by atoms with Crippen molar-refractivity contribution in [2.45, 2.75) is 39.2 Å². The van der Waals surface area contributed by atoms with Crippen LogP contribution in [0.5, 0.6) is 5.75 Å². The maximum atomic E-state index is 12.6. The molecule has 138 valence electrons. The fraction of sp³-hybridized carbons (Fsp3) is 0.556. The Morgan fingerprint density at radius 1 is 1.32 bits per heavy atom. The number of methoxy groups -OCH3 is 1.